The average molecular weight is 376 g/mol. The largest absolute Gasteiger partial charge is 0.497 e. The first-order chi connectivity index (χ1) is 12.5. The van der Waals surface area contributed by atoms with Crippen molar-refractivity contribution in [3.63, 3.8) is 0 Å². The van der Waals surface area contributed by atoms with Crippen LogP contribution in [0.4, 0.5) is 5.13 Å². The number of hydrogen-bond donors (Lipinski definition) is 2. The molecule has 26 heavy (non-hydrogen) atoms. The van der Waals surface area contributed by atoms with E-state index in [9.17, 15) is 9.59 Å². The number of hydrogen-bond acceptors (Lipinski definition) is 6. The SMILES string of the molecule is CCCC(C)C(=O)Nc1nnc(CCNC(=O)c2cccc(OC)c2)s1. The summed E-state index contributed by atoms with van der Waals surface area (Å²) >= 11 is 1.32. The van der Waals surface area contributed by atoms with Crippen molar-refractivity contribution in [2.24, 2.45) is 5.92 Å². The molecule has 2 amide bonds. The number of benzene rings is 1. The molecule has 2 N–H and O–H groups in total. The van der Waals surface area contributed by atoms with E-state index in [1.165, 1.54) is 11.3 Å². The van der Waals surface area contributed by atoms with Crippen LogP contribution in [0.5, 0.6) is 5.75 Å². The summed E-state index contributed by atoms with van der Waals surface area (Å²) in [5.41, 5.74) is 0.541. The lowest BCUT2D eigenvalue weighted by Gasteiger charge is -2.08. The van der Waals surface area contributed by atoms with Gasteiger partial charge >= 0.3 is 0 Å². The van der Waals surface area contributed by atoms with Crippen molar-refractivity contribution in [3.05, 3.63) is 34.8 Å². The molecular formula is C18H24N4O3S. The first-order valence-corrected chi connectivity index (χ1v) is 9.40. The van der Waals surface area contributed by atoms with Crippen LogP contribution in [-0.2, 0) is 11.2 Å². The normalized spacial score (nSPS) is 11.7. The third-order valence-electron chi connectivity index (χ3n) is 3.82. The maximum atomic E-state index is 12.1. The second-order valence-electron chi connectivity index (χ2n) is 5.92. The lowest BCUT2D eigenvalue weighted by molar-refractivity contribution is -0.119. The molecule has 1 heterocycles. The minimum absolute atomic E-state index is 0.0409. The van der Waals surface area contributed by atoms with E-state index >= 15 is 0 Å². The number of anilines is 1. The van der Waals surface area contributed by atoms with Crippen LogP contribution in [0.2, 0.25) is 0 Å². The Morgan fingerprint density at radius 1 is 1.31 bits per heavy atom. The molecular weight excluding hydrogens is 352 g/mol. The molecule has 0 radical (unpaired) electrons. The van der Waals surface area contributed by atoms with Crippen LogP contribution < -0.4 is 15.4 Å². The molecule has 2 rings (SSSR count). The smallest absolute Gasteiger partial charge is 0.251 e. The van der Waals surface area contributed by atoms with Gasteiger partial charge in [0, 0.05) is 24.4 Å². The molecule has 1 unspecified atom stereocenters. The van der Waals surface area contributed by atoms with Crippen molar-refractivity contribution >= 4 is 28.3 Å². The lowest BCUT2D eigenvalue weighted by atomic mass is 10.1. The number of nitrogens with zero attached hydrogens (tertiary/aromatic N) is 2. The Hall–Kier alpha value is -2.48. The van der Waals surface area contributed by atoms with Crippen molar-refractivity contribution in [1.82, 2.24) is 15.5 Å². The Kier molecular flexibility index (Phi) is 7.53. The molecule has 1 aromatic carbocycles. The standard InChI is InChI=1S/C18H24N4O3S/c1-4-6-12(2)16(23)20-18-22-21-15(26-18)9-10-19-17(24)13-7-5-8-14(11-13)25-3/h5,7-8,11-12H,4,6,9-10H2,1-3H3,(H,19,24)(H,20,22,23). The fourth-order valence-electron chi connectivity index (χ4n) is 2.35. The van der Waals surface area contributed by atoms with Crippen LogP contribution in [0.15, 0.2) is 24.3 Å². The quantitative estimate of drug-likeness (QED) is 0.702. The molecule has 0 saturated heterocycles. The molecule has 140 valence electrons. The Balaban J connectivity index is 1.80. The third kappa shape index (κ3) is 5.80. The summed E-state index contributed by atoms with van der Waals surface area (Å²) in [5, 5.41) is 14.9. The van der Waals surface area contributed by atoms with E-state index in [-0.39, 0.29) is 17.7 Å². The number of amides is 2. The minimum Gasteiger partial charge on any atom is -0.497 e. The van der Waals surface area contributed by atoms with Gasteiger partial charge in [0.1, 0.15) is 10.8 Å². The van der Waals surface area contributed by atoms with E-state index in [4.69, 9.17) is 4.74 Å². The number of aromatic nitrogens is 2. The summed E-state index contributed by atoms with van der Waals surface area (Å²) in [5.74, 6) is 0.380. The van der Waals surface area contributed by atoms with Gasteiger partial charge in [-0.25, -0.2) is 0 Å². The molecule has 0 aliphatic rings. The van der Waals surface area contributed by atoms with Crippen molar-refractivity contribution in [2.75, 3.05) is 19.0 Å². The van der Waals surface area contributed by atoms with E-state index in [0.29, 0.717) is 29.4 Å². The molecule has 2 aromatic rings. The molecule has 0 bridgehead atoms. The Morgan fingerprint density at radius 2 is 2.12 bits per heavy atom. The van der Waals surface area contributed by atoms with Gasteiger partial charge in [0.05, 0.1) is 7.11 Å². The highest BCUT2D eigenvalue weighted by molar-refractivity contribution is 7.15. The average Bonchev–Trinajstić information content (AvgIpc) is 3.09. The van der Waals surface area contributed by atoms with Crippen molar-refractivity contribution in [2.45, 2.75) is 33.1 Å². The molecule has 0 saturated carbocycles. The Bertz CT molecular complexity index is 748. The van der Waals surface area contributed by atoms with Crippen LogP contribution in [0, 0.1) is 5.92 Å². The predicted octanol–water partition coefficient (Wildman–Crippen LogP) is 2.89. The van der Waals surface area contributed by atoms with Gasteiger partial charge in [-0.05, 0) is 24.6 Å². The number of rotatable bonds is 9. The highest BCUT2D eigenvalue weighted by Gasteiger charge is 2.14. The molecule has 0 fully saturated rings. The zero-order chi connectivity index (χ0) is 18.9. The van der Waals surface area contributed by atoms with Gasteiger partial charge in [-0.2, -0.15) is 0 Å². The highest BCUT2D eigenvalue weighted by atomic mass is 32.1. The van der Waals surface area contributed by atoms with E-state index in [0.717, 1.165) is 17.8 Å². The van der Waals surface area contributed by atoms with Crippen LogP contribution >= 0.6 is 11.3 Å². The van der Waals surface area contributed by atoms with E-state index in [1.807, 2.05) is 13.8 Å². The van der Waals surface area contributed by atoms with Gasteiger partial charge in [-0.15, -0.1) is 10.2 Å². The van der Waals surface area contributed by atoms with E-state index in [2.05, 4.69) is 20.8 Å². The van der Waals surface area contributed by atoms with Crippen LogP contribution in [0.25, 0.3) is 0 Å². The zero-order valence-electron chi connectivity index (χ0n) is 15.2. The van der Waals surface area contributed by atoms with Crippen molar-refractivity contribution < 1.29 is 14.3 Å². The summed E-state index contributed by atoms with van der Waals surface area (Å²) < 4.78 is 5.11. The van der Waals surface area contributed by atoms with Gasteiger partial charge in [0.2, 0.25) is 11.0 Å². The number of carbonyl (C=O) groups is 2. The van der Waals surface area contributed by atoms with Crippen molar-refractivity contribution in [3.8, 4) is 5.75 Å². The maximum Gasteiger partial charge on any atom is 0.251 e. The minimum atomic E-state index is -0.171. The van der Waals surface area contributed by atoms with Crippen LogP contribution in [0.1, 0.15) is 42.1 Å². The maximum absolute atomic E-state index is 12.1. The molecule has 7 nitrogen and oxygen atoms in total. The number of methoxy groups -OCH3 is 1. The molecule has 0 aliphatic carbocycles. The van der Waals surface area contributed by atoms with E-state index < -0.39 is 0 Å². The predicted molar refractivity (Wildman–Crippen MR) is 102 cm³/mol. The highest BCUT2D eigenvalue weighted by Crippen LogP contribution is 2.17. The summed E-state index contributed by atoms with van der Waals surface area (Å²) in [7, 11) is 1.56. The topological polar surface area (TPSA) is 93.2 Å². The molecule has 8 heteroatoms. The summed E-state index contributed by atoms with van der Waals surface area (Å²) in [6, 6.07) is 6.97. The summed E-state index contributed by atoms with van der Waals surface area (Å²) in [4.78, 5) is 24.1. The van der Waals surface area contributed by atoms with Gasteiger partial charge in [0.15, 0.2) is 0 Å². The number of ether oxygens (including phenoxy) is 1. The number of nitrogens with one attached hydrogen (secondary N) is 2. The second-order valence-corrected chi connectivity index (χ2v) is 6.98. The fraction of sp³-hybridized carbons (Fsp3) is 0.444. The summed E-state index contributed by atoms with van der Waals surface area (Å²) in [6.07, 6.45) is 2.35. The van der Waals surface area contributed by atoms with E-state index in [1.54, 1.807) is 31.4 Å². The Labute approximate surface area is 157 Å². The van der Waals surface area contributed by atoms with Crippen LogP contribution in [0.3, 0.4) is 0 Å². The van der Waals surface area contributed by atoms with Crippen molar-refractivity contribution in [1.29, 1.82) is 0 Å². The zero-order valence-corrected chi connectivity index (χ0v) is 16.1. The molecule has 0 aliphatic heterocycles. The van der Waals surface area contributed by atoms with Gasteiger partial charge in [-0.1, -0.05) is 37.7 Å². The first-order valence-electron chi connectivity index (χ1n) is 8.59. The van der Waals surface area contributed by atoms with Gasteiger partial charge in [0.25, 0.3) is 5.91 Å². The van der Waals surface area contributed by atoms with Crippen LogP contribution in [-0.4, -0.2) is 35.7 Å². The van der Waals surface area contributed by atoms with Gasteiger partial charge in [-0.3, -0.25) is 9.59 Å². The first kappa shape index (κ1) is 19.8. The monoisotopic (exact) mass is 376 g/mol. The summed E-state index contributed by atoms with van der Waals surface area (Å²) in [6.45, 7) is 4.38. The Morgan fingerprint density at radius 3 is 2.85 bits per heavy atom. The third-order valence-corrected chi connectivity index (χ3v) is 4.72. The molecule has 1 atom stereocenters. The van der Waals surface area contributed by atoms with Gasteiger partial charge < -0.3 is 15.4 Å². The molecule has 0 spiro atoms. The number of carbonyl (C=O) groups excluding carboxylic acids is 2. The fourth-order valence-corrected chi connectivity index (χ4v) is 3.09. The second kappa shape index (κ2) is 9.86. The molecule has 1 aromatic heterocycles. The lowest BCUT2D eigenvalue weighted by Crippen LogP contribution is -2.25.